The van der Waals surface area contributed by atoms with Gasteiger partial charge in [0, 0.05) is 13.5 Å². The van der Waals surface area contributed by atoms with Crippen molar-refractivity contribution in [3.8, 4) is 5.75 Å². The molecule has 0 saturated heterocycles. The van der Waals surface area contributed by atoms with Gasteiger partial charge < -0.3 is 25.3 Å². The number of hydrogen-bond acceptors (Lipinski definition) is 6. The molecule has 1 heterocycles. The smallest absolute Gasteiger partial charge is 0.381 e. The molecule has 2 rings (SSSR count). The largest absolute Gasteiger partial charge is 0.491 e. The van der Waals surface area contributed by atoms with Gasteiger partial charge in [-0.1, -0.05) is 12.1 Å². The number of nitrogens with one attached hydrogen (secondary N) is 1. The first-order valence-electron chi connectivity index (χ1n) is 7.67. The molecule has 0 aliphatic carbocycles. The summed E-state index contributed by atoms with van der Waals surface area (Å²) in [4.78, 5) is 25.7. The molecule has 9 heteroatoms. The fraction of sp³-hybridized carbons (Fsp3) is 0.375. The summed E-state index contributed by atoms with van der Waals surface area (Å²) < 4.78 is 6.83. The quantitative estimate of drug-likeness (QED) is 0.542. The number of hydrogen-bond donors (Lipinski definition) is 2. The van der Waals surface area contributed by atoms with E-state index in [9.17, 15) is 20.0 Å². The fourth-order valence-electron chi connectivity index (χ4n) is 2.14. The Morgan fingerprint density at radius 2 is 2.24 bits per heavy atom. The number of carbonyl (C=O) groups excluding carboxylic acids is 1. The van der Waals surface area contributed by atoms with Crippen LogP contribution in [0.3, 0.4) is 0 Å². The molecular formula is C16H20N4O5. The van der Waals surface area contributed by atoms with Crippen LogP contribution in [0.4, 0.5) is 5.82 Å². The molecule has 0 aliphatic rings. The van der Waals surface area contributed by atoms with Crippen LogP contribution in [0.5, 0.6) is 5.75 Å². The molecule has 0 bridgehead atoms. The Morgan fingerprint density at radius 3 is 2.88 bits per heavy atom. The van der Waals surface area contributed by atoms with Crippen LogP contribution in [0.1, 0.15) is 11.4 Å². The predicted octanol–water partition coefficient (Wildman–Crippen LogP) is 0.964. The van der Waals surface area contributed by atoms with E-state index in [1.54, 1.807) is 13.0 Å². The average molecular weight is 348 g/mol. The number of aliphatic hydroxyl groups is 1. The van der Waals surface area contributed by atoms with Crippen molar-refractivity contribution in [2.24, 2.45) is 0 Å². The van der Waals surface area contributed by atoms with E-state index in [4.69, 9.17) is 4.74 Å². The molecule has 1 aromatic carbocycles. The van der Waals surface area contributed by atoms with Gasteiger partial charge in [-0.15, -0.1) is 0 Å². The van der Waals surface area contributed by atoms with Crippen LogP contribution in [0, 0.1) is 24.0 Å². The van der Waals surface area contributed by atoms with Crippen molar-refractivity contribution in [1.82, 2.24) is 14.9 Å². The molecule has 9 nitrogen and oxygen atoms in total. The number of nitro groups is 1. The van der Waals surface area contributed by atoms with Crippen molar-refractivity contribution < 1.29 is 19.6 Å². The maximum atomic E-state index is 11.9. The standard InChI is InChI=1S/C16H20N4O5/c1-11-4-3-5-14(6-11)25-10-13(21)7-17-16(22)9-19-8-15(20(23)24)18-12(19)2/h3-6,8,13,21H,7,9-10H2,1-2H3,(H,17,22)/t13-/m1/s1. The summed E-state index contributed by atoms with van der Waals surface area (Å²) in [7, 11) is 0. The first-order valence-corrected chi connectivity index (χ1v) is 7.67. The van der Waals surface area contributed by atoms with E-state index in [1.807, 2.05) is 25.1 Å². The summed E-state index contributed by atoms with van der Waals surface area (Å²) in [5.74, 6) is 0.318. The molecule has 2 N–H and O–H groups in total. The zero-order valence-corrected chi connectivity index (χ0v) is 14.0. The van der Waals surface area contributed by atoms with Gasteiger partial charge in [-0.3, -0.25) is 9.36 Å². The van der Waals surface area contributed by atoms with Gasteiger partial charge in [0.1, 0.15) is 31.2 Å². The SMILES string of the molecule is Cc1cccc(OC[C@H](O)CNC(=O)Cn2cc([N+](=O)[O-])nc2C)c1. The number of nitrogens with zero attached hydrogens (tertiary/aromatic N) is 3. The van der Waals surface area contributed by atoms with Gasteiger partial charge >= 0.3 is 5.82 Å². The molecule has 0 aliphatic heterocycles. The Hall–Kier alpha value is -2.94. The molecular weight excluding hydrogens is 328 g/mol. The van der Waals surface area contributed by atoms with Crippen molar-refractivity contribution in [3.63, 3.8) is 0 Å². The lowest BCUT2D eigenvalue weighted by atomic mass is 10.2. The minimum absolute atomic E-state index is 0.0144. The molecule has 0 fully saturated rings. The fourth-order valence-corrected chi connectivity index (χ4v) is 2.14. The molecule has 0 saturated carbocycles. The molecule has 1 aromatic heterocycles. The summed E-state index contributed by atoms with van der Waals surface area (Å²) in [6.45, 7) is 3.45. The van der Waals surface area contributed by atoms with Gasteiger partial charge in [0.25, 0.3) is 0 Å². The summed E-state index contributed by atoms with van der Waals surface area (Å²) >= 11 is 0. The number of amides is 1. The minimum atomic E-state index is -0.873. The van der Waals surface area contributed by atoms with Crippen LogP contribution in [-0.2, 0) is 11.3 Å². The average Bonchev–Trinajstić information content (AvgIpc) is 2.92. The zero-order chi connectivity index (χ0) is 18.4. The van der Waals surface area contributed by atoms with E-state index in [0.717, 1.165) is 5.56 Å². The summed E-state index contributed by atoms with van der Waals surface area (Å²) in [6, 6.07) is 7.42. The van der Waals surface area contributed by atoms with Crippen molar-refractivity contribution in [2.75, 3.05) is 13.2 Å². The number of aryl methyl sites for hydroxylation is 2. The third-order valence-corrected chi connectivity index (χ3v) is 3.43. The lowest BCUT2D eigenvalue weighted by Crippen LogP contribution is -2.37. The zero-order valence-electron chi connectivity index (χ0n) is 14.0. The Kier molecular flexibility index (Phi) is 6.07. The highest BCUT2D eigenvalue weighted by Gasteiger charge is 2.17. The maximum absolute atomic E-state index is 11.9. The van der Waals surface area contributed by atoms with Crippen LogP contribution in [0.15, 0.2) is 30.5 Å². The van der Waals surface area contributed by atoms with Crippen molar-refractivity contribution in [3.05, 3.63) is 52.0 Å². The summed E-state index contributed by atoms with van der Waals surface area (Å²) in [5.41, 5.74) is 1.05. The highest BCUT2D eigenvalue weighted by Crippen LogP contribution is 2.12. The number of ether oxygens (including phenoxy) is 1. The number of carbonyl (C=O) groups is 1. The van der Waals surface area contributed by atoms with E-state index in [-0.39, 0.29) is 31.4 Å². The molecule has 1 amide bonds. The van der Waals surface area contributed by atoms with E-state index >= 15 is 0 Å². The molecule has 134 valence electrons. The third-order valence-electron chi connectivity index (χ3n) is 3.43. The Labute approximate surface area is 144 Å². The molecule has 1 atom stereocenters. The molecule has 0 radical (unpaired) electrons. The molecule has 0 spiro atoms. The first-order chi connectivity index (χ1) is 11.8. The number of imidazole rings is 1. The summed E-state index contributed by atoms with van der Waals surface area (Å²) in [5, 5.41) is 23.1. The van der Waals surface area contributed by atoms with Gasteiger partial charge in [0.15, 0.2) is 0 Å². The Balaban J connectivity index is 1.76. The van der Waals surface area contributed by atoms with Crippen molar-refractivity contribution >= 4 is 11.7 Å². The lowest BCUT2D eigenvalue weighted by Gasteiger charge is -2.13. The van der Waals surface area contributed by atoms with E-state index in [1.165, 1.54) is 10.8 Å². The van der Waals surface area contributed by atoms with Crippen LogP contribution >= 0.6 is 0 Å². The molecule has 25 heavy (non-hydrogen) atoms. The van der Waals surface area contributed by atoms with Crippen LogP contribution in [-0.4, -0.2) is 44.7 Å². The second-order valence-corrected chi connectivity index (χ2v) is 5.62. The summed E-state index contributed by atoms with van der Waals surface area (Å²) in [6.07, 6.45) is 0.328. The Bertz CT molecular complexity index is 759. The van der Waals surface area contributed by atoms with Crippen LogP contribution in [0.25, 0.3) is 0 Å². The lowest BCUT2D eigenvalue weighted by molar-refractivity contribution is -0.389. The highest BCUT2D eigenvalue weighted by atomic mass is 16.6. The first kappa shape index (κ1) is 18.4. The van der Waals surface area contributed by atoms with Gasteiger partial charge in [-0.05, 0) is 34.5 Å². The number of benzene rings is 1. The van der Waals surface area contributed by atoms with Crippen molar-refractivity contribution in [2.45, 2.75) is 26.5 Å². The second-order valence-electron chi connectivity index (χ2n) is 5.62. The Morgan fingerprint density at radius 1 is 1.48 bits per heavy atom. The number of rotatable bonds is 8. The normalized spacial score (nSPS) is 11.8. The minimum Gasteiger partial charge on any atom is -0.491 e. The predicted molar refractivity (Wildman–Crippen MR) is 89.3 cm³/mol. The second kappa shape index (κ2) is 8.25. The van der Waals surface area contributed by atoms with E-state index in [0.29, 0.717) is 11.6 Å². The van der Waals surface area contributed by atoms with Crippen LogP contribution < -0.4 is 10.1 Å². The third kappa shape index (κ3) is 5.57. The number of aliphatic hydroxyl groups excluding tert-OH is 1. The van der Waals surface area contributed by atoms with E-state index in [2.05, 4.69) is 10.3 Å². The highest BCUT2D eigenvalue weighted by molar-refractivity contribution is 5.75. The maximum Gasteiger partial charge on any atom is 0.381 e. The van der Waals surface area contributed by atoms with Gasteiger partial charge in [-0.2, -0.15) is 0 Å². The van der Waals surface area contributed by atoms with Crippen LogP contribution in [0.2, 0.25) is 0 Å². The molecule has 0 unspecified atom stereocenters. The number of aromatic nitrogens is 2. The van der Waals surface area contributed by atoms with Gasteiger partial charge in [0.05, 0.1) is 0 Å². The topological polar surface area (TPSA) is 120 Å². The molecule has 2 aromatic rings. The monoisotopic (exact) mass is 348 g/mol. The van der Waals surface area contributed by atoms with Gasteiger partial charge in [-0.25, -0.2) is 0 Å². The van der Waals surface area contributed by atoms with Gasteiger partial charge in [0.2, 0.25) is 11.7 Å². The van der Waals surface area contributed by atoms with E-state index < -0.39 is 11.0 Å². The van der Waals surface area contributed by atoms with Crippen molar-refractivity contribution in [1.29, 1.82) is 0 Å².